The fourth-order valence-electron chi connectivity index (χ4n) is 4.96. The number of hydrogen-bond acceptors (Lipinski definition) is 8. The van der Waals surface area contributed by atoms with E-state index in [4.69, 9.17) is 13.9 Å². The first-order valence-corrected chi connectivity index (χ1v) is 13.0. The molecule has 0 bridgehead atoms. The number of urea groups is 1. The molecule has 1 aromatic heterocycles. The number of fused-ring (bicyclic) bond motifs is 3. The summed E-state index contributed by atoms with van der Waals surface area (Å²) in [6, 6.07) is 8.12. The molecule has 0 spiro atoms. The molecule has 3 aromatic rings. The summed E-state index contributed by atoms with van der Waals surface area (Å²) in [7, 11) is 1.32. The van der Waals surface area contributed by atoms with Crippen LogP contribution in [-0.2, 0) is 37.7 Å². The van der Waals surface area contributed by atoms with E-state index in [1.54, 1.807) is 39.0 Å². The lowest BCUT2D eigenvalue weighted by atomic mass is 9.94. The topological polar surface area (TPSA) is 147 Å². The Bertz CT molecular complexity index is 1630. The zero-order valence-corrected chi connectivity index (χ0v) is 23.4. The number of esters is 1. The van der Waals surface area contributed by atoms with E-state index in [-0.39, 0.29) is 29.5 Å². The summed E-state index contributed by atoms with van der Waals surface area (Å²) < 4.78 is 30.6. The predicted octanol–water partition coefficient (Wildman–Crippen LogP) is 2.78. The van der Waals surface area contributed by atoms with Crippen molar-refractivity contribution in [1.29, 1.82) is 0 Å². The minimum atomic E-state index is -1.96. The standard InChI is InChI=1S/C29H29FN4O8/c1-28(2,3)26(38)41-15-34-25(37)29(32-27(34)39,13-33(14-35)12-16-5-7-21(40-4)19(30)9-16)22-10-18-20(42-22)8-6-17-11-31-24(36)23(17)18/h5-10,14H,11-13,15H2,1-4H3,(H,31,36)(H,32,39)/t29-/m0/s1. The molecule has 1 atom stereocenters. The third kappa shape index (κ3) is 4.91. The molecule has 220 valence electrons. The molecule has 1 saturated heterocycles. The summed E-state index contributed by atoms with van der Waals surface area (Å²) in [6.07, 6.45) is 0.458. The molecule has 0 aliphatic carbocycles. The number of hydrogen-bond donors (Lipinski definition) is 2. The second-order valence-corrected chi connectivity index (χ2v) is 11.2. The number of ether oxygens (including phenoxy) is 2. The van der Waals surface area contributed by atoms with Gasteiger partial charge in [0.05, 0.1) is 24.6 Å². The summed E-state index contributed by atoms with van der Waals surface area (Å²) >= 11 is 0. The van der Waals surface area contributed by atoms with Crippen LogP contribution < -0.4 is 15.4 Å². The predicted molar refractivity (Wildman–Crippen MR) is 144 cm³/mol. The van der Waals surface area contributed by atoms with Gasteiger partial charge in [0, 0.05) is 18.5 Å². The second-order valence-electron chi connectivity index (χ2n) is 11.2. The van der Waals surface area contributed by atoms with Crippen molar-refractivity contribution in [1.82, 2.24) is 20.4 Å². The van der Waals surface area contributed by atoms with E-state index in [2.05, 4.69) is 10.6 Å². The normalized spacial score (nSPS) is 18.1. The molecule has 0 radical (unpaired) electrons. The Morgan fingerprint density at radius 1 is 1.19 bits per heavy atom. The Balaban J connectivity index is 1.54. The van der Waals surface area contributed by atoms with E-state index in [1.165, 1.54) is 30.2 Å². The van der Waals surface area contributed by atoms with Crippen molar-refractivity contribution in [2.45, 2.75) is 39.4 Å². The van der Waals surface area contributed by atoms with Gasteiger partial charge in [-0.25, -0.2) is 14.1 Å². The SMILES string of the molecule is COc1ccc(CN(C=O)C[C@@]2(c3cc4c5c(ccc4o3)CNC5=O)NC(=O)N(COC(=O)C(C)(C)C)C2=O)cc1F. The number of benzene rings is 2. The fraction of sp³-hybridized carbons (Fsp3) is 0.345. The van der Waals surface area contributed by atoms with Crippen molar-refractivity contribution < 1.29 is 42.3 Å². The summed E-state index contributed by atoms with van der Waals surface area (Å²) in [5.74, 6) is -2.46. The number of nitrogens with one attached hydrogen (secondary N) is 2. The highest BCUT2D eigenvalue weighted by atomic mass is 19.1. The lowest BCUT2D eigenvalue weighted by Crippen LogP contribution is -2.52. The number of imide groups is 1. The molecule has 42 heavy (non-hydrogen) atoms. The number of amides is 5. The third-order valence-corrected chi connectivity index (χ3v) is 7.18. The fourth-order valence-corrected chi connectivity index (χ4v) is 4.96. The number of halogens is 1. The zero-order chi connectivity index (χ0) is 30.4. The Morgan fingerprint density at radius 2 is 1.95 bits per heavy atom. The van der Waals surface area contributed by atoms with E-state index in [1.807, 2.05) is 0 Å². The number of methoxy groups -OCH3 is 1. The number of carbonyl (C=O) groups excluding carboxylic acids is 5. The van der Waals surface area contributed by atoms with Crippen molar-refractivity contribution in [3.8, 4) is 5.75 Å². The largest absolute Gasteiger partial charge is 0.494 e. The third-order valence-electron chi connectivity index (χ3n) is 7.18. The van der Waals surface area contributed by atoms with E-state index in [0.717, 1.165) is 5.56 Å². The van der Waals surface area contributed by atoms with E-state index < -0.39 is 48.0 Å². The van der Waals surface area contributed by atoms with Gasteiger partial charge in [-0.2, -0.15) is 0 Å². The van der Waals surface area contributed by atoms with Gasteiger partial charge in [0.25, 0.3) is 11.8 Å². The minimum absolute atomic E-state index is 0.0189. The average molecular weight is 581 g/mol. The van der Waals surface area contributed by atoms with Gasteiger partial charge < -0.3 is 29.4 Å². The second kappa shape index (κ2) is 10.5. The molecule has 2 N–H and O–H groups in total. The molecule has 12 nitrogen and oxygen atoms in total. The van der Waals surface area contributed by atoms with E-state index >= 15 is 0 Å². The summed E-state index contributed by atoms with van der Waals surface area (Å²) in [6.45, 7) is 3.97. The molecule has 13 heteroatoms. The zero-order valence-electron chi connectivity index (χ0n) is 23.4. The Morgan fingerprint density at radius 3 is 2.62 bits per heavy atom. The van der Waals surface area contributed by atoms with Gasteiger partial charge >= 0.3 is 12.0 Å². The maximum absolute atomic E-state index is 14.4. The first-order valence-electron chi connectivity index (χ1n) is 13.0. The molecular formula is C29H29FN4O8. The summed E-state index contributed by atoms with van der Waals surface area (Å²) in [4.78, 5) is 66.2. The quantitative estimate of drug-likeness (QED) is 0.223. The first kappa shape index (κ1) is 28.6. The Labute approximate surface area is 239 Å². The van der Waals surface area contributed by atoms with Crippen molar-refractivity contribution in [3.63, 3.8) is 0 Å². The number of furan rings is 1. The van der Waals surface area contributed by atoms with Crippen molar-refractivity contribution >= 4 is 41.2 Å². The van der Waals surface area contributed by atoms with E-state index in [9.17, 15) is 28.4 Å². The number of nitrogens with zero attached hydrogens (tertiary/aromatic N) is 2. The van der Waals surface area contributed by atoms with Crippen LogP contribution in [-0.4, -0.2) is 60.4 Å². The summed E-state index contributed by atoms with van der Waals surface area (Å²) in [5, 5.41) is 5.79. The van der Waals surface area contributed by atoms with Crippen LogP contribution in [0.3, 0.4) is 0 Å². The van der Waals surface area contributed by atoms with Gasteiger partial charge in [-0.1, -0.05) is 12.1 Å². The molecule has 5 amide bonds. The van der Waals surface area contributed by atoms with Crippen molar-refractivity contribution in [2.75, 3.05) is 20.4 Å². The Kier molecular flexibility index (Phi) is 7.13. The molecule has 1 fully saturated rings. The van der Waals surface area contributed by atoms with Crippen LogP contribution in [0.2, 0.25) is 0 Å². The highest BCUT2D eigenvalue weighted by molar-refractivity contribution is 6.11. The van der Waals surface area contributed by atoms with Gasteiger partial charge in [-0.05, 0) is 56.2 Å². The van der Waals surface area contributed by atoms with Crippen molar-refractivity contribution in [2.24, 2.45) is 5.41 Å². The molecule has 3 heterocycles. The van der Waals surface area contributed by atoms with Gasteiger partial charge in [0.2, 0.25) is 6.41 Å². The number of carbonyl (C=O) groups is 5. The lowest BCUT2D eigenvalue weighted by Gasteiger charge is -2.30. The van der Waals surface area contributed by atoms with Crippen LogP contribution in [0.1, 0.15) is 48.0 Å². The highest BCUT2D eigenvalue weighted by Crippen LogP contribution is 2.37. The lowest BCUT2D eigenvalue weighted by molar-refractivity contribution is -0.158. The maximum Gasteiger partial charge on any atom is 0.328 e. The summed E-state index contributed by atoms with van der Waals surface area (Å²) in [5.41, 5.74) is -1.05. The molecule has 0 unspecified atom stereocenters. The van der Waals surface area contributed by atoms with Crippen LogP contribution in [0.4, 0.5) is 9.18 Å². The molecule has 2 aromatic carbocycles. The Hall–Kier alpha value is -4.94. The minimum Gasteiger partial charge on any atom is -0.494 e. The van der Waals surface area contributed by atoms with Crippen molar-refractivity contribution in [3.05, 3.63) is 64.7 Å². The average Bonchev–Trinajstić information content (AvgIpc) is 3.61. The molecular weight excluding hydrogens is 551 g/mol. The van der Waals surface area contributed by atoms with E-state index in [0.29, 0.717) is 34.4 Å². The van der Waals surface area contributed by atoms with Crippen LogP contribution in [0.15, 0.2) is 40.8 Å². The smallest absolute Gasteiger partial charge is 0.328 e. The number of rotatable bonds is 9. The maximum atomic E-state index is 14.4. The van der Waals surface area contributed by atoms with Crippen LogP contribution >= 0.6 is 0 Å². The molecule has 5 rings (SSSR count). The van der Waals surface area contributed by atoms with Gasteiger partial charge in [0.15, 0.2) is 23.8 Å². The molecule has 2 aliphatic heterocycles. The van der Waals surface area contributed by atoms with Gasteiger partial charge in [-0.3, -0.25) is 19.2 Å². The van der Waals surface area contributed by atoms with Crippen LogP contribution in [0.25, 0.3) is 11.0 Å². The van der Waals surface area contributed by atoms with Crippen LogP contribution in [0, 0.1) is 11.2 Å². The van der Waals surface area contributed by atoms with Crippen LogP contribution in [0.5, 0.6) is 5.75 Å². The molecule has 0 saturated carbocycles. The molecule has 2 aliphatic rings. The van der Waals surface area contributed by atoms with Gasteiger partial charge in [-0.15, -0.1) is 0 Å². The first-order chi connectivity index (χ1) is 19.9. The highest BCUT2D eigenvalue weighted by Gasteiger charge is 2.56. The van der Waals surface area contributed by atoms with Gasteiger partial charge in [0.1, 0.15) is 11.3 Å². The monoisotopic (exact) mass is 580 g/mol.